The second-order valence-corrected chi connectivity index (χ2v) is 5.58. The van der Waals surface area contributed by atoms with Crippen molar-refractivity contribution in [1.29, 1.82) is 0 Å². The van der Waals surface area contributed by atoms with Crippen molar-refractivity contribution in [3.63, 3.8) is 0 Å². The van der Waals surface area contributed by atoms with Gasteiger partial charge in [-0.3, -0.25) is 4.79 Å². The summed E-state index contributed by atoms with van der Waals surface area (Å²) >= 11 is 0. The highest BCUT2D eigenvalue weighted by Gasteiger charge is 2.49. The fourth-order valence-corrected chi connectivity index (χ4v) is 1.59. The molecule has 1 heterocycles. The molecule has 4 nitrogen and oxygen atoms in total. The van der Waals surface area contributed by atoms with Gasteiger partial charge in [0.1, 0.15) is 0 Å². The van der Waals surface area contributed by atoms with Crippen molar-refractivity contribution in [2.45, 2.75) is 52.2 Å². The number of rotatable bonds is 4. The van der Waals surface area contributed by atoms with Crippen LogP contribution in [0.3, 0.4) is 0 Å². The van der Waals surface area contributed by atoms with Gasteiger partial charge < -0.3 is 14.4 Å². The van der Waals surface area contributed by atoms with Crippen LogP contribution in [0.4, 0.5) is 0 Å². The van der Waals surface area contributed by atoms with Gasteiger partial charge in [0.2, 0.25) is 0 Å². The van der Waals surface area contributed by atoms with Crippen molar-refractivity contribution in [3.05, 3.63) is 12.1 Å². The van der Waals surface area contributed by atoms with E-state index in [9.17, 15) is 4.79 Å². The van der Waals surface area contributed by atoms with Crippen LogP contribution in [0.5, 0.6) is 0 Å². The lowest BCUT2D eigenvalue weighted by atomic mass is 9.88. The second-order valence-electron chi connectivity index (χ2n) is 5.58. The van der Waals surface area contributed by atoms with Crippen LogP contribution in [0.15, 0.2) is 12.1 Å². The molecule has 5 heteroatoms. The van der Waals surface area contributed by atoms with Gasteiger partial charge in [0.05, 0.1) is 17.6 Å². The number of carboxylic acids is 1. The van der Waals surface area contributed by atoms with Crippen molar-refractivity contribution >= 4 is 13.1 Å². The molecule has 0 radical (unpaired) electrons. The standard InChI is InChI=1S/C12H21BO4/c1-9(8-10(14)15)6-7-13-16-11(2,3)12(4,5)17-13/h6-7,9H,8H2,1-5H3,(H,14,15)/t9-/m1/s1. The van der Waals surface area contributed by atoms with E-state index in [0.717, 1.165) is 0 Å². The molecular weight excluding hydrogens is 219 g/mol. The lowest BCUT2D eigenvalue weighted by molar-refractivity contribution is -0.137. The molecule has 1 aliphatic rings. The van der Waals surface area contributed by atoms with E-state index < -0.39 is 13.1 Å². The lowest BCUT2D eigenvalue weighted by Gasteiger charge is -2.32. The average molecular weight is 240 g/mol. The fourth-order valence-electron chi connectivity index (χ4n) is 1.59. The first-order valence-electron chi connectivity index (χ1n) is 5.90. The van der Waals surface area contributed by atoms with Crippen LogP contribution in [-0.4, -0.2) is 29.4 Å². The van der Waals surface area contributed by atoms with Gasteiger partial charge >= 0.3 is 13.1 Å². The van der Waals surface area contributed by atoms with E-state index in [1.165, 1.54) is 0 Å². The minimum absolute atomic E-state index is 0.0217. The molecule has 0 aromatic heterocycles. The Bertz CT molecular complexity index is 306. The van der Waals surface area contributed by atoms with Gasteiger partial charge in [-0.1, -0.05) is 19.0 Å². The Labute approximate surface area is 103 Å². The van der Waals surface area contributed by atoms with Crippen molar-refractivity contribution in [2.24, 2.45) is 5.92 Å². The third-order valence-electron chi connectivity index (χ3n) is 3.36. The summed E-state index contributed by atoms with van der Waals surface area (Å²) in [5.74, 6) is 0.979. The zero-order valence-corrected chi connectivity index (χ0v) is 11.2. The third kappa shape index (κ3) is 3.58. The molecule has 1 N–H and O–H groups in total. The SMILES string of the molecule is C[C@H](C=CB1OC(C)(C)C(C)(C)O1)CC(=O)O. The van der Waals surface area contributed by atoms with Gasteiger partial charge in [0.15, 0.2) is 0 Å². The summed E-state index contributed by atoms with van der Waals surface area (Å²) < 4.78 is 11.5. The highest BCUT2D eigenvalue weighted by molar-refractivity contribution is 6.51. The molecule has 1 aliphatic heterocycles. The average Bonchev–Trinajstić information content (AvgIpc) is 2.31. The topological polar surface area (TPSA) is 55.8 Å². The zero-order chi connectivity index (χ0) is 13.3. The predicted octanol–water partition coefficient (Wildman–Crippen LogP) is 2.28. The molecule has 0 aromatic carbocycles. The summed E-state index contributed by atoms with van der Waals surface area (Å²) in [4.78, 5) is 10.5. The zero-order valence-electron chi connectivity index (χ0n) is 11.2. The van der Waals surface area contributed by atoms with E-state index in [0.29, 0.717) is 0 Å². The van der Waals surface area contributed by atoms with Crippen LogP contribution in [-0.2, 0) is 14.1 Å². The van der Waals surface area contributed by atoms with Crippen LogP contribution in [0.25, 0.3) is 0 Å². The van der Waals surface area contributed by atoms with Crippen molar-refractivity contribution in [2.75, 3.05) is 0 Å². The Hall–Kier alpha value is -0.805. The van der Waals surface area contributed by atoms with E-state index in [1.54, 1.807) is 5.98 Å². The maximum Gasteiger partial charge on any atom is 0.486 e. The molecule has 0 saturated carbocycles. The molecule has 17 heavy (non-hydrogen) atoms. The molecule has 1 rings (SSSR count). The van der Waals surface area contributed by atoms with Crippen molar-refractivity contribution in [3.8, 4) is 0 Å². The van der Waals surface area contributed by atoms with Crippen molar-refractivity contribution < 1.29 is 19.2 Å². The van der Waals surface area contributed by atoms with Crippen LogP contribution in [0.2, 0.25) is 0 Å². The third-order valence-corrected chi connectivity index (χ3v) is 3.36. The van der Waals surface area contributed by atoms with Crippen LogP contribution in [0, 0.1) is 5.92 Å². The van der Waals surface area contributed by atoms with E-state index in [-0.39, 0.29) is 23.5 Å². The van der Waals surface area contributed by atoms with Gasteiger partial charge in [-0.15, -0.1) is 0 Å². The Morgan fingerprint density at radius 2 is 1.76 bits per heavy atom. The Morgan fingerprint density at radius 1 is 1.29 bits per heavy atom. The molecule has 0 amide bonds. The van der Waals surface area contributed by atoms with Gasteiger partial charge in [-0.25, -0.2) is 0 Å². The number of hydrogen-bond acceptors (Lipinski definition) is 3. The summed E-state index contributed by atoms with van der Waals surface area (Å²) in [5, 5.41) is 8.65. The molecule has 0 aromatic rings. The molecule has 0 spiro atoms. The number of hydrogen-bond donors (Lipinski definition) is 1. The number of aliphatic carboxylic acids is 1. The Kier molecular flexibility index (Phi) is 4.04. The van der Waals surface area contributed by atoms with Gasteiger partial charge in [0, 0.05) is 0 Å². The molecule has 0 unspecified atom stereocenters. The maximum atomic E-state index is 10.5. The molecule has 96 valence electrons. The number of carbonyl (C=O) groups is 1. The Morgan fingerprint density at radius 3 is 2.18 bits per heavy atom. The first kappa shape index (κ1) is 14.3. The summed E-state index contributed by atoms with van der Waals surface area (Å²) in [6.07, 6.45) is 1.95. The van der Waals surface area contributed by atoms with E-state index in [2.05, 4.69) is 0 Å². The fraction of sp³-hybridized carbons (Fsp3) is 0.750. The largest absolute Gasteiger partial charge is 0.486 e. The normalized spacial score (nSPS) is 24.2. The highest BCUT2D eigenvalue weighted by atomic mass is 16.7. The second kappa shape index (κ2) is 4.82. The summed E-state index contributed by atoms with van der Waals surface area (Å²) in [5.41, 5.74) is -0.698. The summed E-state index contributed by atoms with van der Waals surface area (Å²) in [6, 6.07) is 0. The van der Waals surface area contributed by atoms with Gasteiger partial charge in [-0.2, -0.15) is 0 Å². The molecule has 1 atom stereocenters. The molecular formula is C12H21BO4. The summed E-state index contributed by atoms with van der Waals surface area (Å²) in [6.45, 7) is 9.81. The minimum Gasteiger partial charge on any atom is -0.481 e. The Balaban J connectivity index is 2.56. The highest BCUT2D eigenvalue weighted by Crippen LogP contribution is 2.36. The van der Waals surface area contributed by atoms with Gasteiger partial charge in [-0.05, 0) is 33.6 Å². The lowest BCUT2D eigenvalue weighted by Crippen LogP contribution is -2.41. The van der Waals surface area contributed by atoms with Crippen LogP contribution < -0.4 is 0 Å². The summed E-state index contributed by atoms with van der Waals surface area (Å²) in [7, 11) is -0.392. The molecule has 0 bridgehead atoms. The molecule has 1 fully saturated rings. The van der Waals surface area contributed by atoms with E-state index in [1.807, 2.05) is 40.7 Å². The van der Waals surface area contributed by atoms with Crippen LogP contribution in [0.1, 0.15) is 41.0 Å². The number of carboxylic acid groups (broad SMARTS) is 1. The first-order valence-corrected chi connectivity index (χ1v) is 5.90. The monoisotopic (exact) mass is 240 g/mol. The van der Waals surface area contributed by atoms with Crippen LogP contribution >= 0.6 is 0 Å². The first-order chi connectivity index (χ1) is 7.64. The predicted molar refractivity (Wildman–Crippen MR) is 66.6 cm³/mol. The number of allylic oxidation sites excluding steroid dienone is 1. The van der Waals surface area contributed by atoms with E-state index >= 15 is 0 Å². The molecule has 1 saturated heterocycles. The van der Waals surface area contributed by atoms with E-state index in [4.69, 9.17) is 14.4 Å². The smallest absolute Gasteiger partial charge is 0.481 e. The molecule has 0 aliphatic carbocycles. The van der Waals surface area contributed by atoms with Crippen molar-refractivity contribution in [1.82, 2.24) is 0 Å². The quantitative estimate of drug-likeness (QED) is 0.766. The minimum atomic E-state index is -0.795. The maximum absolute atomic E-state index is 10.5. The van der Waals surface area contributed by atoms with Gasteiger partial charge in [0.25, 0.3) is 0 Å².